The molecule has 1 aliphatic rings. The average Bonchev–Trinajstić information content (AvgIpc) is 2.34. The zero-order valence-corrected chi connectivity index (χ0v) is 12.6. The first kappa shape index (κ1) is 16.3. The van der Waals surface area contributed by atoms with Gasteiger partial charge in [-0.1, -0.05) is 26.2 Å². The first-order chi connectivity index (χ1) is 8.53. The molecule has 0 aromatic heterocycles. The molecule has 0 aromatic carbocycles. The van der Waals surface area contributed by atoms with Gasteiger partial charge in [0, 0.05) is 0 Å². The minimum atomic E-state index is -1.76. The fraction of sp³-hybridized carbons (Fsp3) is 0.867. The van der Waals surface area contributed by atoms with Gasteiger partial charge in [0.25, 0.3) is 0 Å². The predicted octanol–water partition coefficient (Wildman–Crippen LogP) is 1.86. The van der Waals surface area contributed by atoms with Crippen LogP contribution in [0.4, 0.5) is 0 Å². The molecular formula is C15H26O4. The van der Waals surface area contributed by atoms with E-state index in [4.69, 9.17) is 0 Å². The molecule has 0 radical (unpaired) electrons. The molecule has 0 spiro atoms. The van der Waals surface area contributed by atoms with E-state index in [1.807, 2.05) is 6.92 Å². The first-order valence-electron chi connectivity index (χ1n) is 7.03. The van der Waals surface area contributed by atoms with Gasteiger partial charge in [0.05, 0.1) is 10.8 Å². The molecule has 0 unspecified atom stereocenters. The molecule has 0 aromatic rings. The van der Waals surface area contributed by atoms with Gasteiger partial charge >= 0.3 is 0 Å². The molecule has 2 atom stereocenters. The summed E-state index contributed by atoms with van der Waals surface area (Å²) in [6.45, 7) is 8.36. The number of rotatable bonds is 4. The highest BCUT2D eigenvalue weighted by Gasteiger charge is 2.65. The summed E-state index contributed by atoms with van der Waals surface area (Å²) in [5.74, 6) is -0.871. The molecule has 0 aliphatic heterocycles. The summed E-state index contributed by atoms with van der Waals surface area (Å²) < 4.78 is 0. The Morgan fingerprint density at radius 1 is 1.11 bits per heavy atom. The zero-order valence-electron chi connectivity index (χ0n) is 12.6. The molecule has 1 rings (SSSR count). The van der Waals surface area contributed by atoms with Gasteiger partial charge in [0.1, 0.15) is 17.5 Å². The maximum atomic E-state index is 12.5. The minimum Gasteiger partial charge on any atom is -0.384 e. The number of aliphatic hydroxyl groups excluding tert-OH is 1. The van der Waals surface area contributed by atoms with Crippen LogP contribution in [0.15, 0.2) is 0 Å². The minimum absolute atomic E-state index is 0.228. The number of unbranched alkanes of at least 4 members (excludes halogenated alkanes) is 2. The monoisotopic (exact) mass is 270 g/mol. The summed E-state index contributed by atoms with van der Waals surface area (Å²) in [4.78, 5) is 24.9. The van der Waals surface area contributed by atoms with E-state index in [1.165, 1.54) is 0 Å². The van der Waals surface area contributed by atoms with E-state index in [0.29, 0.717) is 6.42 Å². The Kier molecular flexibility index (Phi) is 4.28. The summed E-state index contributed by atoms with van der Waals surface area (Å²) in [5.41, 5.74) is -4.06. The van der Waals surface area contributed by atoms with Gasteiger partial charge in [0.2, 0.25) is 0 Å². The van der Waals surface area contributed by atoms with Gasteiger partial charge in [-0.25, -0.2) is 0 Å². The molecule has 1 saturated carbocycles. The Hall–Kier alpha value is -0.740. The van der Waals surface area contributed by atoms with Gasteiger partial charge in [0.15, 0.2) is 5.78 Å². The predicted molar refractivity (Wildman–Crippen MR) is 72.7 cm³/mol. The SMILES string of the molecule is CCCCC[C@]1(O)C(=O)[C@@H](O)C(C)(C)C(=O)C1(C)C. The average molecular weight is 270 g/mol. The molecule has 4 nitrogen and oxygen atoms in total. The maximum absolute atomic E-state index is 12.5. The molecule has 0 amide bonds. The molecule has 0 saturated heterocycles. The Labute approximate surface area is 115 Å². The van der Waals surface area contributed by atoms with Crippen LogP contribution in [0.3, 0.4) is 0 Å². The van der Waals surface area contributed by atoms with Crippen molar-refractivity contribution in [3.8, 4) is 0 Å². The van der Waals surface area contributed by atoms with Crippen molar-refractivity contribution in [2.45, 2.75) is 72.0 Å². The van der Waals surface area contributed by atoms with E-state index in [-0.39, 0.29) is 12.2 Å². The van der Waals surface area contributed by atoms with Crippen LogP contribution in [-0.4, -0.2) is 33.5 Å². The van der Waals surface area contributed by atoms with E-state index in [9.17, 15) is 19.8 Å². The highest BCUT2D eigenvalue weighted by atomic mass is 16.3. The van der Waals surface area contributed by atoms with Crippen LogP contribution >= 0.6 is 0 Å². The van der Waals surface area contributed by atoms with Crippen LogP contribution in [0.5, 0.6) is 0 Å². The number of hydrogen-bond donors (Lipinski definition) is 2. The Bertz CT molecular complexity index is 384. The summed E-state index contributed by atoms with van der Waals surface area (Å²) in [6.07, 6.45) is 1.32. The number of hydrogen-bond acceptors (Lipinski definition) is 4. The third kappa shape index (κ3) is 2.25. The normalized spacial score (nSPS) is 33.5. The number of Topliss-reactive ketones (excluding diaryl/α,β-unsaturated/α-hetero) is 2. The number of ketones is 2. The van der Waals surface area contributed by atoms with E-state index < -0.39 is 28.3 Å². The number of carbonyl (C=O) groups excluding carboxylic acids is 2. The Morgan fingerprint density at radius 2 is 1.63 bits per heavy atom. The molecular weight excluding hydrogens is 244 g/mol. The molecule has 19 heavy (non-hydrogen) atoms. The standard InChI is InChI=1S/C15H26O4/c1-6-7-8-9-15(19)11(17)10(16)13(2,3)12(18)14(15,4)5/h10,16,19H,6-9H2,1-5H3/t10-,15+/m1/s1. The third-order valence-corrected chi connectivity index (χ3v) is 4.67. The second-order valence-corrected chi connectivity index (χ2v) is 6.76. The van der Waals surface area contributed by atoms with Crippen molar-refractivity contribution < 1.29 is 19.8 Å². The van der Waals surface area contributed by atoms with E-state index in [1.54, 1.807) is 27.7 Å². The second-order valence-electron chi connectivity index (χ2n) is 6.76. The molecule has 4 heteroatoms. The van der Waals surface area contributed by atoms with Crippen LogP contribution in [0.25, 0.3) is 0 Å². The lowest BCUT2D eigenvalue weighted by atomic mass is 9.53. The Balaban J connectivity index is 3.16. The first-order valence-corrected chi connectivity index (χ1v) is 7.03. The van der Waals surface area contributed by atoms with E-state index in [0.717, 1.165) is 12.8 Å². The number of aliphatic hydroxyl groups is 2. The van der Waals surface area contributed by atoms with Crippen LogP contribution in [0.2, 0.25) is 0 Å². The molecule has 1 aliphatic carbocycles. The lowest BCUT2D eigenvalue weighted by molar-refractivity contribution is -0.191. The summed E-state index contributed by atoms with van der Waals surface area (Å²) in [7, 11) is 0. The van der Waals surface area contributed by atoms with Crippen molar-refractivity contribution in [2.24, 2.45) is 10.8 Å². The van der Waals surface area contributed by atoms with E-state index in [2.05, 4.69) is 0 Å². The van der Waals surface area contributed by atoms with Crippen molar-refractivity contribution in [3.05, 3.63) is 0 Å². The fourth-order valence-electron chi connectivity index (χ4n) is 3.05. The lowest BCUT2D eigenvalue weighted by Gasteiger charge is -2.51. The highest BCUT2D eigenvalue weighted by Crippen LogP contribution is 2.48. The topological polar surface area (TPSA) is 74.6 Å². The molecule has 0 bridgehead atoms. The van der Waals surface area contributed by atoms with Gasteiger partial charge in [-0.3, -0.25) is 9.59 Å². The maximum Gasteiger partial charge on any atom is 0.194 e. The van der Waals surface area contributed by atoms with E-state index >= 15 is 0 Å². The van der Waals surface area contributed by atoms with Gasteiger partial charge < -0.3 is 10.2 Å². The van der Waals surface area contributed by atoms with Crippen LogP contribution < -0.4 is 0 Å². The van der Waals surface area contributed by atoms with Gasteiger partial charge in [-0.05, 0) is 34.1 Å². The lowest BCUT2D eigenvalue weighted by Crippen LogP contribution is -2.69. The van der Waals surface area contributed by atoms with Gasteiger partial charge in [-0.15, -0.1) is 0 Å². The summed E-state index contributed by atoms with van der Waals surface area (Å²) in [6, 6.07) is 0. The molecule has 2 N–H and O–H groups in total. The summed E-state index contributed by atoms with van der Waals surface area (Å²) >= 11 is 0. The highest BCUT2D eigenvalue weighted by molar-refractivity contribution is 6.08. The second kappa shape index (κ2) is 4.98. The molecule has 110 valence electrons. The van der Waals surface area contributed by atoms with Crippen molar-refractivity contribution in [1.29, 1.82) is 0 Å². The van der Waals surface area contributed by atoms with Crippen molar-refractivity contribution >= 4 is 11.6 Å². The molecule has 0 heterocycles. The zero-order chi connectivity index (χ0) is 15.1. The quantitative estimate of drug-likeness (QED) is 0.765. The summed E-state index contributed by atoms with van der Waals surface area (Å²) in [5, 5.41) is 20.8. The van der Waals surface area contributed by atoms with Crippen molar-refractivity contribution in [2.75, 3.05) is 0 Å². The largest absolute Gasteiger partial charge is 0.384 e. The molecule has 1 fully saturated rings. The van der Waals surface area contributed by atoms with Gasteiger partial charge in [-0.2, -0.15) is 0 Å². The number of carbonyl (C=O) groups is 2. The van der Waals surface area contributed by atoms with Crippen molar-refractivity contribution in [1.82, 2.24) is 0 Å². The van der Waals surface area contributed by atoms with Crippen molar-refractivity contribution in [3.63, 3.8) is 0 Å². The third-order valence-electron chi connectivity index (χ3n) is 4.67. The Morgan fingerprint density at radius 3 is 2.11 bits per heavy atom. The van der Waals surface area contributed by atoms with Crippen LogP contribution in [0, 0.1) is 10.8 Å². The smallest absolute Gasteiger partial charge is 0.194 e. The van der Waals surface area contributed by atoms with Crippen LogP contribution in [-0.2, 0) is 9.59 Å². The fourth-order valence-corrected chi connectivity index (χ4v) is 3.05. The van der Waals surface area contributed by atoms with Crippen LogP contribution in [0.1, 0.15) is 60.3 Å².